The number of benzene rings is 2. The van der Waals surface area contributed by atoms with Crippen LogP contribution in [0.1, 0.15) is 13.3 Å². The highest BCUT2D eigenvalue weighted by Gasteiger charge is 2.41. The van der Waals surface area contributed by atoms with Crippen molar-refractivity contribution in [1.29, 1.82) is 0 Å². The molecular weight excluding hydrogens is 436 g/mol. The zero-order chi connectivity index (χ0) is 24.3. The number of anilines is 1. The number of nitrogens with zero attached hydrogens (tertiary/aromatic N) is 2. The Bertz CT molecular complexity index is 1140. The van der Waals surface area contributed by atoms with Crippen LogP contribution >= 0.6 is 0 Å². The van der Waals surface area contributed by atoms with Gasteiger partial charge >= 0.3 is 12.0 Å². The molecular formula is C23H21F2N3O5. The lowest BCUT2D eigenvalue weighted by molar-refractivity contribution is -0.137. The molecule has 2 N–H and O–H groups in total. The molecule has 2 aromatic carbocycles. The number of hydrogen-bond acceptors (Lipinski definition) is 4. The van der Waals surface area contributed by atoms with Crippen LogP contribution < -0.4 is 10.2 Å². The third kappa shape index (κ3) is 4.89. The molecule has 3 amide bonds. The second-order valence-corrected chi connectivity index (χ2v) is 7.42. The Morgan fingerprint density at radius 3 is 2.39 bits per heavy atom. The third-order valence-electron chi connectivity index (χ3n) is 5.07. The number of nitrogens with one attached hydrogen (secondary N) is 1. The number of amides is 3. The van der Waals surface area contributed by atoms with Gasteiger partial charge in [0.15, 0.2) is 11.8 Å². The van der Waals surface area contributed by atoms with E-state index in [2.05, 4.69) is 5.32 Å². The van der Waals surface area contributed by atoms with E-state index >= 15 is 0 Å². The van der Waals surface area contributed by atoms with E-state index in [1.807, 2.05) is 0 Å². The van der Waals surface area contributed by atoms with Crippen molar-refractivity contribution in [2.24, 2.45) is 0 Å². The number of carbonyl (C=O) groups is 4. The van der Waals surface area contributed by atoms with Gasteiger partial charge in [0.25, 0.3) is 5.91 Å². The van der Waals surface area contributed by atoms with Crippen LogP contribution in [0.25, 0.3) is 11.1 Å². The van der Waals surface area contributed by atoms with Crippen LogP contribution in [-0.2, 0) is 14.4 Å². The van der Waals surface area contributed by atoms with E-state index in [1.54, 1.807) is 0 Å². The monoisotopic (exact) mass is 457 g/mol. The number of carboxylic acids is 1. The van der Waals surface area contributed by atoms with Crippen LogP contribution in [0.5, 0.6) is 0 Å². The summed E-state index contributed by atoms with van der Waals surface area (Å²) in [7, 11) is 1.43. The summed E-state index contributed by atoms with van der Waals surface area (Å²) in [4.78, 5) is 51.7. The fourth-order valence-corrected chi connectivity index (χ4v) is 3.50. The second-order valence-electron chi connectivity index (χ2n) is 7.42. The van der Waals surface area contributed by atoms with E-state index in [-0.39, 0.29) is 35.4 Å². The van der Waals surface area contributed by atoms with Crippen molar-refractivity contribution in [2.75, 3.05) is 18.5 Å². The Hall–Kier alpha value is -4.08. The fourth-order valence-electron chi connectivity index (χ4n) is 3.50. The maximum absolute atomic E-state index is 14.3. The van der Waals surface area contributed by atoms with Crippen molar-refractivity contribution in [2.45, 2.75) is 19.4 Å². The SMILES string of the molecule is CC1=CN(C)C(=O)[C@@H](N(C(=O)NCCC(=O)O)c2cccc(-c3c(F)cccc3F)c2)C1=O. The third-order valence-corrected chi connectivity index (χ3v) is 5.07. The van der Waals surface area contributed by atoms with Crippen LogP contribution in [-0.4, -0.2) is 53.3 Å². The summed E-state index contributed by atoms with van der Waals surface area (Å²) in [6, 6.07) is 6.44. The summed E-state index contributed by atoms with van der Waals surface area (Å²) in [5.41, 5.74) is 0.00218. The zero-order valence-electron chi connectivity index (χ0n) is 17.8. The van der Waals surface area contributed by atoms with Crippen molar-refractivity contribution in [3.05, 3.63) is 65.9 Å². The average molecular weight is 457 g/mol. The minimum atomic E-state index is -1.58. The smallest absolute Gasteiger partial charge is 0.323 e. The molecule has 10 heteroatoms. The Morgan fingerprint density at radius 1 is 1.12 bits per heavy atom. The topological polar surface area (TPSA) is 107 Å². The molecule has 2 aromatic rings. The van der Waals surface area contributed by atoms with Crippen molar-refractivity contribution in [3.8, 4) is 11.1 Å². The summed E-state index contributed by atoms with van der Waals surface area (Å²) in [6.45, 7) is 1.23. The molecule has 0 saturated heterocycles. The first-order chi connectivity index (χ1) is 15.6. The van der Waals surface area contributed by atoms with Crippen molar-refractivity contribution in [3.63, 3.8) is 0 Å². The minimum Gasteiger partial charge on any atom is -0.481 e. The fraction of sp³-hybridized carbons (Fsp3) is 0.217. The Kier molecular flexibility index (Phi) is 6.86. The van der Waals surface area contributed by atoms with E-state index in [9.17, 15) is 28.0 Å². The van der Waals surface area contributed by atoms with Crippen LogP contribution in [0.3, 0.4) is 0 Å². The molecule has 0 saturated carbocycles. The van der Waals surface area contributed by atoms with Crippen LogP contribution in [0.2, 0.25) is 0 Å². The van der Waals surface area contributed by atoms with Crippen LogP contribution in [0, 0.1) is 11.6 Å². The predicted molar refractivity (Wildman–Crippen MR) is 115 cm³/mol. The van der Waals surface area contributed by atoms with E-state index < -0.39 is 41.4 Å². The number of carbonyl (C=O) groups excluding carboxylic acids is 3. The first kappa shape index (κ1) is 23.6. The number of rotatable bonds is 6. The molecule has 0 fully saturated rings. The number of hydrogen-bond donors (Lipinski definition) is 2. The molecule has 0 unspecified atom stereocenters. The lowest BCUT2D eigenvalue weighted by Gasteiger charge is -2.34. The molecule has 8 nitrogen and oxygen atoms in total. The number of urea groups is 1. The Morgan fingerprint density at radius 2 is 1.76 bits per heavy atom. The second kappa shape index (κ2) is 9.60. The Balaban J connectivity index is 2.09. The number of carboxylic acid groups (broad SMARTS) is 1. The van der Waals surface area contributed by atoms with Gasteiger partial charge in [-0.15, -0.1) is 0 Å². The van der Waals surface area contributed by atoms with Gasteiger partial charge < -0.3 is 15.3 Å². The highest BCUT2D eigenvalue weighted by atomic mass is 19.1. The minimum absolute atomic E-state index is 0.0257. The van der Waals surface area contributed by atoms with Crippen LogP contribution in [0.15, 0.2) is 54.2 Å². The first-order valence-corrected chi connectivity index (χ1v) is 9.94. The summed E-state index contributed by atoms with van der Waals surface area (Å²) in [6.07, 6.45) is 0.957. The molecule has 0 spiro atoms. The molecule has 33 heavy (non-hydrogen) atoms. The zero-order valence-corrected chi connectivity index (χ0v) is 17.8. The molecule has 1 atom stereocenters. The molecule has 0 aromatic heterocycles. The summed E-state index contributed by atoms with van der Waals surface area (Å²) in [5.74, 6) is -4.13. The summed E-state index contributed by atoms with van der Waals surface area (Å²) >= 11 is 0. The number of halogens is 2. The first-order valence-electron chi connectivity index (χ1n) is 9.94. The number of likely N-dealkylation sites (N-methyl/N-ethyl adjacent to an activating group) is 1. The Labute approximate surface area is 188 Å². The van der Waals surface area contributed by atoms with Crippen LogP contribution in [0.4, 0.5) is 19.3 Å². The normalized spacial score (nSPS) is 15.8. The molecule has 0 radical (unpaired) electrons. The highest BCUT2D eigenvalue weighted by Crippen LogP contribution is 2.31. The summed E-state index contributed by atoms with van der Waals surface area (Å²) < 4.78 is 28.7. The molecule has 1 aliphatic rings. The van der Waals surface area contributed by atoms with Gasteiger partial charge in [0.1, 0.15) is 11.6 Å². The van der Waals surface area contributed by atoms with Gasteiger partial charge in [0, 0.05) is 31.1 Å². The highest BCUT2D eigenvalue weighted by molar-refractivity contribution is 6.21. The standard InChI is InChI=1S/C23H21F2N3O5/c1-13-12-27(2)22(32)20(21(13)31)28(23(33)26-10-9-18(29)30)15-6-3-5-14(11-15)19-16(24)7-4-8-17(19)25/h3-8,11-12,20H,9-10H2,1-2H3,(H,26,33)(H,29,30)/t20-/m0/s1. The number of Topliss-reactive ketones (excluding diaryl/α,β-unsaturated/α-hetero) is 1. The van der Waals surface area contributed by atoms with E-state index in [0.717, 1.165) is 17.0 Å². The lowest BCUT2D eigenvalue weighted by Crippen LogP contribution is -2.58. The maximum atomic E-state index is 14.3. The quantitative estimate of drug-likeness (QED) is 0.649. The van der Waals surface area contributed by atoms with Gasteiger partial charge in [-0.05, 0) is 36.8 Å². The van der Waals surface area contributed by atoms with Gasteiger partial charge in [0.2, 0.25) is 0 Å². The molecule has 1 aliphatic heterocycles. The average Bonchev–Trinajstić information content (AvgIpc) is 2.75. The van der Waals surface area contributed by atoms with Gasteiger partial charge in [0.05, 0.1) is 12.0 Å². The van der Waals surface area contributed by atoms with Crippen molar-refractivity contribution >= 4 is 29.4 Å². The van der Waals surface area contributed by atoms with Gasteiger partial charge in [-0.2, -0.15) is 0 Å². The maximum Gasteiger partial charge on any atom is 0.323 e. The molecule has 0 bridgehead atoms. The number of ketones is 1. The van der Waals surface area contributed by atoms with Gasteiger partial charge in [-0.1, -0.05) is 18.2 Å². The lowest BCUT2D eigenvalue weighted by atomic mass is 9.98. The largest absolute Gasteiger partial charge is 0.481 e. The van der Waals surface area contributed by atoms with Gasteiger partial charge in [-0.3, -0.25) is 19.3 Å². The van der Waals surface area contributed by atoms with E-state index in [1.165, 1.54) is 55.4 Å². The van der Waals surface area contributed by atoms with E-state index in [4.69, 9.17) is 5.11 Å². The molecule has 1 heterocycles. The molecule has 0 aliphatic carbocycles. The number of aliphatic carboxylic acids is 1. The van der Waals surface area contributed by atoms with Gasteiger partial charge in [-0.25, -0.2) is 13.6 Å². The molecule has 172 valence electrons. The summed E-state index contributed by atoms with van der Waals surface area (Å²) in [5, 5.41) is 11.2. The van der Waals surface area contributed by atoms with E-state index in [0.29, 0.717) is 0 Å². The predicted octanol–water partition coefficient (Wildman–Crippen LogP) is 2.94. The van der Waals surface area contributed by atoms with Crippen molar-refractivity contribution in [1.82, 2.24) is 10.2 Å². The molecule has 3 rings (SSSR count). The van der Waals surface area contributed by atoms with Crippen molar-refractivity contribution < 1.29 is 33.1 Å².